The number of ether oxygens (including phenoxy) is 1. The lowest BCUT2D eigenvalue weighted by Crippen LogP contribution is -2.11. The monoisotopic (exact) mass is 290 g/mol. The number of pyridine rings is 1. The molecule has 0 aliphatic carbocycles. The van der Waals surface area contributed by atoms with Crippen molar-refractivity contribution in [1.29, 1.82) is 0 Å². The maximum Gasteiger partial charge on any atom is 0.227 e. The van der Waals surface area contributed by atoms with Crippen molar-refractivity contribution in [3.8, 4) is 5.88 Å². The van der Waals surface area contributed by atoms with E-state index in [0.717, 1.165) is 22.6 Å². The normalized spacial score (nSPS) is 15.8. The average Bonchev–Trinajstić information content (AvgIpc) is 2.92. The van der Waals surface area contributed by atoms with E-state index >= 15 is 0 Å². The first-order valence-electron chi connectivity index (χ1n) is 4.32. The second-order valence-corrected chi connectivity index (χ2v) is 4.14. The number of nitrogens with zero attached hydrogens (tertiary/aromatic N) is 2. The summed E-state index contributed by atoms with van der Waals surface area (Å²) in [6, 6.07) is 3.92. The standard InChI is InChI=1S/C9H11IN2O/c10-8-2-1-3-11-9(8)13-7-6-12-4-5-12/h1-3H,4-7H2. The van der Waals surface area contributed by atoms with Crippen LogP contribution in [0.1, 0.15) is 0 Å². The number of halogens is 1. The van der Waals surface area contributed by atoms with Gasteiger partial charge >= 0.3 is 0 Å². The van der Waals surface area contributed by atoms with Crippen molar-refractivity contribution >= 4 is 22.6 Å². The third-order valence-corrected chi connectivity index (χ3v) is 2.73. The van der Waals surface area contributed by atoms with Gasteiger partial charge in [0.25, 0.3) is 0 Å². The van der Waals surface area contributed by atoms with Crippen LogP contribution in [-0.2, 0) is 0 Å². The predicted molar refractivity (Wildman–Crippen MR) is 58.9 cm³/mol. The molecule has 1 fully saturated rings. The Hall–Kier alpha value is -0.360. The van der Waals surface area contributed by atoms with Gasteiger partial charge in [-0.15, -0.1) is 0 Å². The lowest BCUT2D eigenvalue weighted by molar-refractivity contribution is 0.280. The van der Waals surface area contributed by atoms with Crippen LogP contribution in [0.3, 0.4) is 0 Å². The highest BCUT2D eigenvalue weighted by atomic mass is 127. The van der Waals surface area contributed by atoms with E-state index in [0.29, 0.717) is 0 Å². The molecule has 0 amide bonds. The molecule has 0 aromatic carbocycles. The molecule has 1 aliphatic rings. The smallest absolute Gasteiger partial charge is 0.227 e. The molecule has 0 atom stereocenters. The zero-order valence-electron chi connectivity index (χ0n) is 7.24. The minimum absolute atomic E-state index is 0.743. The molecule has 0 unspecified atom stereocenters. The van der Waals surface area contributed by atoms with Gasteiger partial charge in [0.05, 0.1) is 3.57 Å². The molecule has 2 rings (SSSR count). The molecule has 1 aromatic rings. The van der Waals surface area contributed by atoms with Crippen molar-refractivity contribution in [2.45, 2.75) is 0 Å². The molecule has 0 bridgehead atoms. The summed E-state index contributed by atoms with van der Waals surface area (Å²) in [5.74, 6) is 0.755. The quantitative estimate of drug-likeness (QED) is 0.619. The average molecular weight is 290 g/mol. The van der Waals surface area contributed by atoms with Crippen LogP contribution in [0.25, 0.3) is 0 Å². The van der Waals surface area contributed by atoms with Crippen LogP contribution in [0.5, 0.6) is 5.88 Å². The Morgan fingerprint density at radius 2 is 2.38 bits per heavy atom. The Labute approximate surface area is 91.2 Å². The second-order valence-electron chi connectivity index (χ2n) is 2.98. The number of hydrogen-bond donors (Lipinski definition) is 0. The third-order valence-electron chi connectivity index (χ3n) is 1.91. The van der Waals surface area contributed by atoms with E-state index in [-0.39, 0.29) is 0 Å². The lowest BCUT2D eigenvalue weighted by atomic mass is 10.5. The van der Waals surface area contributed by atoms with Crippen LogP contribution in [-0.4, -0.2) is 36.1 Å². The van der Waals surface area contributed by atoms with E-state index in [1.807, 2.05) is 12.1 Å². The van der Waals surface area contributed by atoms with Crippen LogP contribution in [0.2, 0.25) is 0 Å². The van der Waals surface area contributed by atoms with E-state index in [4.69, 9.17) is 4.74 Å². The maximum atomic E-state index is 5.53. The van der Waals surface area contributed by atoms with E-state index in [1.54, 1.807) is 6.20 Å². The Morgan fingerprint density at radius 3 is 3.08 bits per heavy atom. The highest BCUT2D eigenvalue weighted by Gasteiger charge is 2.16. The van der Waals surface area contributed by atoms with Crippen LogP contribution in [0.15, 0.2) is 18.3 Å². The van der Waals surface area contributed by atoms with Crippen molar-refractivity contribution in [2.75, 3.05) is 26.2 Å². The Balaban J connectivity index is 1.82. The van der Waals surface area contributed by atoms with E-state index in [1.165, 1.54) is 13.1 Å². The van der Waals surface area contributed by atoms with Gasteiger partial charge < -0.3 is 4.74 Å². The predicted octanol–water partition coefficient (Wildman–Crippen LogP) is 1.38. The molecule has 0 radical (unpaired) electrons. The van der Waals surface area contributed by atoms with Crippen LogP contribution in [0.4, 0.5) is 0 Å². The van der Waals surface area contributed by atoms with Gasteiger partial charge in [0, 0.05) is 25.8 Å². The van der Waals surface area contributed by atoms with Crippen LogP contribution >= 0.6 is 22.6 Å². The summed E-state index contributed by atoms with van der Waals surface area (Å²) >= 11 is 2.23. The first-order chi connectivity index (χ1) is 6.36. The van der Waals surface area contributed by atoms with Gasteiger partial charge in [-0.2, -0.15) is 0 Å². The SMILES string of the molecule is Ic1cccnc1OCCN1CC1. The second kappa shape index (κ2) is 4.23. The summed E-state index contributed by atoms with van der Waals surface area (Å²) in [6.07, 6.45) is 1.76. The fourth-order valence-electron chi connectivity index (χ4n) is 1.04. The molecule has 1 aromatic heterocycles. The van der Waals surface area contributed by atoms with Crippen molar-refractivity contribution in [2.24, 2.45) is 0 Å². The van der Waals surface area contributed by atoms with Crippen molar-refractivity contribution in [3.05, 3.63) is 21.9 Å². The molecule has 13 heavy (non-hydrogen) atoms. The topological polar surface area (TPSA) is 25.1 Å². The molecular formula is C9H11IN2O. The highest BCUT2D eigenvalue weighted by molar-refractivity contribution is 14.1. The minimum atomic E-state index is 0.743. The number of hydrogen-bond acceptors (Lipinski definition) is 3. The Kier molecular flexibility index (Phi) is 3.00. The summed E-state index contributed by atoms with van der Waals surface area (Å²) in [7, 11) is 0. The fraction of sp³-hybridized carbons (Fsp3) is 0.444. The van der Waals surface area contributed by atoms with Gasteiger partial charge in [-0.05, 0) is 34.7 Å². The Bertz CT molecular complexity index is 289. The zero-order valence-corrected chi connectivity index (χ0v) is 9.40. The van der Waals surface area contributed by atoms with Crippen molar-refractivity contribution in [3.63, 3.8) is 0 Å². The highest BCUT2D eigenvalue weighted by Crippen LogP contribution is 2.16. The maximum absolute atomic E-state index is 5.53. The van der Waals surface area contributed by atoms with Crippen LogP contribution in [0, 0.1) is 3.57 Å². The van der Waals surface area contributed by atoms with Gasteiger partial charge in [-0.25, -0.2) is 4.98 Å². The molecule has 0 saturated carbocycles. The Morgan fingerprint density at radius 1 is 1.54 bits per heavy atom. The van der Waals surface area contributed by atoms with Crippen molar-refractivity contribution in [1.82, 2.24) is 9.88 Å². The fourth-order valence-corrected chi connectivity index (χ4v) is 1.55. The molecule has 1 saturated heterocycles. The molecule has 3 nitrogen and oxygen atoms in total. The summed E-state index contributed by atoms with van der Waals surface area (Å²) < 4.78 is 6.60. The van der Waals surface area contributed by atoms with E-state index in [2.05, 4.69) is 32.5 Å². The largest absolute Gasteiger partial charge is 0.476 e. The van der Waals surface area contributed by atoms with Gasteiger partial charge in [-0.3, -0.25) is 4.90 Å². The zero-order chi connectivity index (χ0) is 9.10. The van der Waals surface area contributed by atoms with Gasteiger partial charge in [-0.1, -0.05) is 0 Å². The first kappa shape index (κ1) is 9.21. The number of aromatic nitrogens is 1. The molecule has 70 valence electrons. The third kappa shape index (κ3) is 2.80. The molecular weight excluding hydrogens is 279 g/mol. The molecule has 2 heterocycles. The molecule has 0 spiro atoms. The van der Waals surface area contributed by atoms with E-state index in [9.17, 15) is 0 Å². The van der Waals surface area contributed by atoms with Crippen molar-refractivity contribution < 1.29 is 4.74 Å². The molecule has 0 N–H and O–H groups in total. The molecule has 4 heteroatoms. The van der Waals surface area contributed by atoms with E-state index < -0.39 is 0 Å². The minimum Gasteiger partial charge on any atom is -0.476 e. The summed E-state index contributed by atoms with van der Waals surface area (Å²) in [6.45, 7) is 4.21. The van der Waals surface area contributed by atoms with Gasteiger partial charge in [0.15, 0.2) is 0 Å². The lowest BCUT2D eigenvalue weighted by Gasteiger charge is -2.06. The summed E-state index contributed by atoms with van der Waals surface area (Å²) in [5, 5.41) is 0. The van der Waals surface area contributed by atoms with Gasteiger partial charge in [0.2, 0.25) is 5.88 Å². The first-order valence-corrected chi connectivity index (χ1v) is 5.40. The molecule has 1 aliphatic heterocycles. The summed E-state index contributed by atoms with van der Waals surface area (Å²) in [4.78, 5) is 6.48. The van der Waals surface area contributed by atoms with Gasteiger partial charge in [0.1, 0.15) is 6.61 Å². The summed E-state index contributed by atoms with van der Waals surface area (Å²) in [5.41, 5.74) is 0. The number of rotatable bonds is 4. The van der Waals surface area contributed by atoms with Crippen LogP contribution < -0.4 is 4.74 Å².